The second-order valence-corrected chi connectivity index (χ2v) is 5.90. The van der Waals surface area contributed by atoms with E-state index < -0.39 is 23.8 Å². The average Bonchev–Trinajstić information content (AvgIpc) is 2.94. The molecule has 1 saturated carbocycles. The lowest BCUT2D eigenvalue weighted by molar-refractivity contribution is -0.147. The van der Waals surface area contributed by atoms with Crippen molar-refractivity contribution in [2.45, 2.75) is 25.7 Å². The van der Waals surface area contributed by atoms with E-state index in [1.165, 1.54) is 18.4 Å². The van der Waals surface area contributed by atoms with Crippen molar-refractivity contribution < 1.29 is 24.2 Å². The monoisotopic (exact) mass is 311 g/mol. The van der Waals surface area contributed by atoms with E-state index in [4.69, 9.17) is 0 Å². The van der Waals surface area contributed by atoms with Crippen LogP contribution >= 0.6 is 11.3 Å². The molecule has 0 unspecified atom stereocenters. The highest BCUT2D eigenvalue weighted by atomic mass is 32.1. The maximum atomic E-state index is 12.3. The number of hydrogen-bond acceptors (Lipinski definition) is 5. The first kappa shape index (κ1) is 15.5. The molecular weight excluding hydrogens is 294 g/mol. The zero-order chi connectivity index (χ0) is 15.4. The molecule has 114 valence electrons. The van der Waals surface area contributed by atoms with Crippen LogP contribution in [-0.4, -0.2) is 30.1 Å². The van der Waals surface area contributed by atoms with Gasteiger partial charge in [-0.3, -0.25) is 9.59 Å². The standard InChI is InChI=1S/C14H17NO5S/c1-20-14(19)10-6-7-21-12(10)15-11(16)8-4-2-3-5-9(8)13(17)18/h6-9H,2-5H2,1H3,(H,15,16)(H,17,18)/t8-,9+/m1/s1. The van der Waals surface area contributed by atoms with Crippen LogP contribution in [0.2, 0.25) is 0 Å². The number of carbonyl (C=O) groups excluding carboxylic acids is 2. The van der Waals surface area contributed by atoms with Crippen LogP contribution in [0.4, 0.5) is 5.00 Å². The van der Waals surface area contributed by atoms with Gasteiger partial charge in [-0.25, -0.2) is 4.79 Å². The molecule has 1 aliphatic carbocycles. The van der Waals surface area contributed by atoms with E-state index in [-0.39, 0.29) is 5.91 Å². The molecule has 2 rings (SSSR count). The molecule has 1 aromatic heterocycles. The fraction of sp³-hybridized carbons (Fsp3) is 0.500. The summed E-state index contributed by atoms with van der Waals surface area (Å²) in [6.45, 7) is 0. The minimum absolute atomic E-state index is 0.290. The second kappa shape index (κ2) is 6.71. The number of hydrogen-bond donors (Lipinski definition) is 2. The molecule has 1 heterocycles. The van der Waals surface area contributed by atoms with Gasteiger partial charge in [-0.2, -0.15) is 0 Å². The van der Waals surface area contributed by atoms with Crippen molar-refractivity contribution in [3.05, 3.63) is 17.0 Å². The maximum Gasteiger partial charge on any atom is 0.340 e. The van der Waals surface area contributed by atoms with Crippen LogP contribution in [0.1, 0.15) is 36.0 Å². The number of ether oxygens (including phenoxy) is 1. The first-order chi connectivity index (χ1) is 10.0. The van der Waals surface area contributed by atoms with Crippen molar-refractivity contribution in [1.82, 2.24) is 0 Å². The number of aliphatic carboxylic acids is 1. The van der Waals surface area contributed by atoms with Gasteiger partial charge in [0, 0.05) is 0 Å². The van der Waals surface area contributed by atoms with Gasteiger partial charge in [-0.1, -0.05) is 12.8 Å². The Kier molecular flexibility index (Phi) is 4.95. The summed E-state index contributed by atoms with van der Waals surface area (Å²) in [6.07, 6.45) is 2.74. The molecule has 0 bridgehead atoms. The molecule has 21 heavy (non-hydrogen) atoms. The first-order valence-corrected chi connectivity index (χ1v) is 7.62. The van der Waals surface area contributed by atoms with Gasteiger partial charge in [0.15, 0.2) is 0 Å². The minimum atomic E-state index is -0.936. The third kappa shape index (κ3) is 3.41. The van der Waals surface area contributed by atoms with Gasteiger partial charge in [0.25, 0.3) is 0 Å². The topological polar surface area (TPSA) is 92.7 Å². The molecule has 0 saturated heterocycles. The van der Waals surface area contributed by atoms with Crippen LogP contribution in [0.15, 0.2) is 11.4 Å². The summed E-state index contributed by atoms with van der Waals surface area (Å²) in [4.78, 5) is 35.1. The number of thiophene rings is 1. The fourth-order valence-corrected chi connectivity index (χ4v) is 3.40. The molecule has 0 aliphatic heterocycles. The highest BCUT2D eigenvalue weighted by molar-refractivity contribution is 7.14. The van der Waals surface area contributed by atoms with Gasteiger partial charge in [-0.05, 0) is 24.3 Å². The quantitative estimate of drug-likeness (QED) is 0.833. The van der Waals surface area contributed by atoms with Crippen LogP contribution in [-0.2, 0) is 14.3 Å². The largest absolute Gasteiger partial charge is 0.481 e. The number of nitrogens with one attached hydrogen (secondary N) is 1. The Bertz CT molecular complexity index is 553. The van der Waals surface area contributed by atoms with Gasteiger partial charge in [0.2, 0.25) is 5.91 Å². The van der Waals surface area contributed by atoms with Crippen molar-refractivity contribution in [2.24, 2.45) is 11.8 Å². The van der Waals surface area contributed by atoms with E-state index >= 15 is 0 Å². The van der Waals surface area contributed by atoms with Crippen LogP contribution in [0.3, 0.4) is 0 Å². The summed E-state index contributed by atoms with van der Waals surface area (Å²) in [5, 5.41) is 14.0. The Morgan fingerprint density at radius 3 is 2.57 bits per heavy atom. The number of carboxylic acid groups (broad SMARTS) is 1. The summed E-state index contributed by atoms with van der Waals surface area (Å²) in [5.74, 6) is -3.00. The summed E-state index contributed by atoms with van der Waals surface area (Å²) in [6, 6.07) is 1.57. The predicted octanol–water partition coefficient (Wildman–Crippen LogP) is 2.36. The van der Waals surface area contributed by atoms with Gasteiger partial charge >= 0.3 is 11.9 Å². The molecule has 1 aromatic rings. The van der Waals surface area contributed by atoms with E-state index in [9.17, 15) is 19.5 Å². The number of esters is 1. The Morgan fingerprint density at radius 2 is 1.95 bits per heavy atom. The normalized spacial score (nSPS) is 21.6. The smallest absolute Gasteiger partial charge is 0.340 e. The molecule has 2 N–H and O–H groups in total. The average molecular weight is 311 g/mol. The Morgan fingerprint density at radius 1 is 1.29 bits per heavy atom. The van der Waals surface area contributed by atoms with Crippen LogP contribution in [0.5, 0.6) is 0 Å². The Hall–Kier alpha value is -1.89. The molecule has 0 spiro atoms. The SMILES string of the molecule is COC(=O)c1ccsc1NC(=O)[C@@H]1CCCC[C@@H]1C(=O)O. The van der Waals surface area contributed by atoms with Gasteiger partial charge in [-0.15, -0.1) is 11.3 Å². The number of anilines is 1. The summed E-state index contributed by atoms with van der Waals surface area (Å²) in [7, 11) is 1.27. The Labute approximate surface area is 126 Å². The lowest BCUT2D eigenvalue weighted by Crippen LogP contribution is -2.36. The van der Waals surface area contributed by atoms with Crippen molar-refractivity contribution in [1.29, 1.82) is 0 Å². The second-order valence-electron chi connectivity index (χ2n) is 4.98. The molecule has 6 nitrogen and oxygen atoms in total. The molecule has 1 fully saturated rings. The number of methoxy groups -OCH3 is 1. The van der Waals surface area contributed by atoms with Gasteiger partial charge < -0.3 is 15.2 Å². The van der Waals surface area contributed by atoms with Crippen molar-refractivity contribution in [2.75, 3.05) is 12.4 Å². The third-order valence-corrected chi connectivity index (χ3v) is 4.56. The molecule has 7 heteroatoms. The lowest BCUT2D eigenvalue weighted by Gasteiger charge is -2.27. The molecular formula is C14H17NO5S. The van der Waals surface area contributed by atoms with Crippen LogP contribution in [0.25, 0.3) is 0 Å². The number of amides is 1. The minimum Gasteiger partial charge on any atom is -0.481 e. The summed E-state index contributed by atoms with van der Waals surface area (Å²) in [5.41, 5.74) is 0.290. The lowest BCUT2D eigenvalue weighted by atomic mass is 9.79. The zero-order valence-electron chi connectivity index (χ0n) is 11.6. The predicted molar refractivity (Wildman–Crippen MR) is 77.4 cm³/mol. The van der Waals surface area contributed by atoms with Crippen molar-refractivity contribution in [3.8, 4) is 0 Å². The maximum absolute atomic E-state index is 12.3. The number of rotatable bonds is 4. The van der Waals surface area contributed by atoms with E-state index in [0.29, 0.717) is 23.4 Å². The van der Waals surface area contributed by atoms with Crippen LogP contribution in [0, 0.1) is 11.8 Å². The van der Waals surface area contributed by atoms with Gasteiger partial charge in [0.05, 0.1) is 24.5 Å². The zero-order valence-corrected chi connectivity index (χ0v) is 12.4. The number of carboxylic acids is 1. The molecule has 1 aliphatic rings. The number of carbonyl (C=O) groups is 3. The molecule has 0 radical (unpaired) electrons. The van der Waals surface area contributed by atoms with Crippen molar-refractivity contribution in [3.63, 3.8) is 0 Å². The van der Waals surface area contributed by atoms with Crippen molar-refractivity contribution >= 4 is 34.2 Å². The molecule has 2 atom stereocenters. The fourth-order valence-electron chi connectivity index (χ4n) is 2.62. The molecule has 1 amide bonds. The molecule has 0 aromatic carbocycles. The first-order valence-electron chi connectivity index (χ1n) is 6.74. The van der Waals surface area contributed by atoms with E-state index in [0.717, 1.165) is 12.8 Å². The van der Waals surface area contributed by atoms with E-state index in [1.54, 1.807) is 11.4 Å². The van der Waals surface area contributed by atoms with E-state index in [2.05, 4.69) is 10.1 Å². The van der Waals surface area contributed by atoms with Crippen LogP contribution < -0.4 is 5.32 Å². The highest BCUT2D eigenvalue weighted by Crippen LogP contribution is 2.32. The van der Waals surface area contributed by atoms with E-state index in [1.807, 2.05) is 0 Å². The third-order valence-electron chi connectivity index (χ3n) is 3.73. The summed E-state index contributed by atoms with van der Waals surface area (Å²) < 4.78 is 4.64. The summed E-state index contributed by atoms with van der Waals surface area (Å²) >= 11 is 1.21. The Balaban J connectivity index is 2.12. The highest BCUT2D eigenvalue weighted by Gasteiger charge is 2.36. The van der Waals surface area contributed by atoms with Gasteiger partial charge in [0.1, 0.15) is 5.00 Å².